The van der Waals surface area contributed by atoms with Crippen molar-refractivity contribution in [2.45, 2.75) is 59.3 Å². The van der Waals surface area contributed by atoms with Crippen molar-refractivity contribution < 1.29 is 9.59 Å². The van der Waals surface area contributed by atoms with Gasteiger partial charge in [-0.05, 0) is 74.1 Å². The lowest BCUT2D eigenvalue weighted by Gasteiger charge is -2.33. The number of carbonyl (C=O) groups is 2. The second-order valence-electron chi connectivity index (χ2n) is 12.1. The van der Waals surface area contributed by atoms with Crippen molar-refractivity contribution in [2.24, 2.45) is 5.92 Å². The van der Waals surface area contributed by atoms with E-state index in [1.165, 1.54) is 5.56 Å². The summed E-state index contributed by atoms with van der Waals surface area (Å²) in [6.45, 7) is 11.1. The Morgan fingerprint density at radius 3 is 2.34 bits per heavy atom. The highest BCUT2D eigenvalue weighted by Gasteiger charge is 2.27. The van der Waals surface area contributed by atoms with Gasteiger partial charge in [0.1, 0.15) is 5.82 Å². The summed E-state index contributed by atoms with van der Waals surface area (Å²) in [7, 11) is 0. The van der Waals surface area contributed by atoms with E-state index >= 15 is 0 Å². The highest BCUT2D eigenvalue weighted by atomic mass is 16.2. The summed E-state index contributed by atoms with van der Waals surface area (Å²) in [6, 6.07) is 25.7. The lowest BCUT2D eigenvalue weighted by atomic mass is 9.90. The van der Waals surface area contributed by atoms with Crippen molar-refractivity contribution in [1.82, 2.24) is 9.78 Å². The molecule has 41 heavy (non-hydrogen) atoms. The Balaban J connectivity index is 1.23. The molecule has 5 rings (SSSR count). The highest BCUT2D eigenvalue weighted by molar-refractivity contribution is 5.99. The third kappa shape index (κ3) is 6.68. The largest absolute Gasteiger partial charge is 0.324 e. The van der Waals surface area contributed by atoms with Crippen molar-refractivity contribution >= 4 is 29.1 Å². The van der Waals surface area contributed by atoms with Crippen molar-refractivity contribution in [3.63, 3.8) is 0 Å². The van der Waals surface area contributed by atoms with E-state index in [0.29, 0.717) is 23.8 Å². The van der Waals surface area contributed by atoms with Gasteiger partial charge in [-0.1, -0.05) is 68.8 Å². The fourth-order valence-electron chi connectivity index (χ4n) is 5.24. The van der Waals surface area contributed by atoms with Crippen LogP contribution in [0.25, 0.3) is 5.69 Å². The molecule has 1 fully saturated rings. The van der Waals surface area contributed by atoms with Crippen molar-refractivity contribution in [3.05, 3.63) is 101 Å². The number of nitrogens with zero attached hydrogens (tertiary/aromatic N) is 3. The number of rotatable bonds is 6. The maximum atomic E-state index is 13.0. The van der Waals surface area contributed by atoms with Gasteiger partial charge in [0.15, 0.2) is 0 Å². The molecule has 3 amide bonds. The third-order valence-corrected chi connectivity index (χ3v) is 7.65. The quantitative estimate of drug-likeness (QED) is 0.263. The van der Waals surface area contributed by atoms with Gasteiger partial charge >= 0.3 is 6.03 Å². The number of para-hydroxylation sites is 1. The zero-order chi connectivity index (χ0) is 29.1. The Kier molecular flexibility index (Phi) is 7.97. The average molecular weight is 550 g/mol. The van der Waals surface area contributed by atoms with Crippen LogP contribution in [0.1, 0.15) is 56.0 Å². The number of anilines is 3. The summed E-state index contributed by atoms with van der Waals surface area (Å²) in [6.07, 6.45) is 2.33. The van der Waals surface area contributed by atoms with E-state index in [9.17, 15) is 9.59 Å². The van der Waals surface area contributed by atoms with Gasteiger partial charge in [0, 0.05) is 35.8 Å². The van der Waals surface area contributed by atoms with Crippen molar-refractivity contribution in [2.75, 3.05) is 22.1 Å². The van der Waals surface area contributed by atoms with E-state index in [0.717, 1.165) is 47.6 Å². The summed E-state index contributed by atoms with van der Waals surface area (Å²) in [5, 5.41) is 10.7. The van der Waals surface area contributed by atoms with Crippen LogP contribution in [0.5, 0.6) is 0 Å². The zero-order valence-electron chi connectivity index (χ0n) is 24.6. The average Bonchev–Trinajstić information content (AvgIpc) is 3.36. The molecule has 4 aromatic rings. The molecule has 0 bridgehead atoms. The molecule has 0 radical (unpaired) electrons. The van der Waals surface area contributed by atoms with Gasteiger partial charge in [-0.3, -0.25) is 10.1 Å². The second kappa shape index (κ2) is 11.6. The molecule has 3 aromatic carbocycles. The fraction of sp³-hybridized carbons (Fsp3) is 0.324. The number of carbonyl (C=O) groups excluding carboxylic acids is 2. The minimum atomic E-state index is -0.328. The Bertz CT molecular complexity index is 1530. The molecule has 2 N–H and O–H groups in total. The molecule has 7 heteroatoms. The maximum Gasteiger partial charge on any atom is 0.324 e. The van der Waals surface area contributed by atoms with Crippen LogP contribution >= 0.6 is 0 Å². The second-order valence-corrected chi connectivity index (χ2v) is 12.1. The Morgan fingerprint density at radius 1 is 0.951 bits per heavy atom. The molecule has 1 aromatic heterocycles. The van der Waals surface area contributed by atoms with Gasteiger partial charge < -0.3 is 10.2 Å². The molecule has 0 spiro atoms. The predicted octanol–water partition coefficient (Wildman–Crippen LogP) is 7.42. The van der Waals surface area contributed by atoms with Crippen LogP contribution in [0.2, 0.25) is 0 Å². The monoisotopic (exact) mass is 549 g/mol. The number of aryl methyl sites for hydroxylation is 2. The lowest BCUT2D eigenvalue weighted by molar-refractivity contribution is -0.120. The summed E-state index contributed by atoms with van der Waals surface area (Å²) in [5.41, 5.74) is 6.79. The SMILES string of the molecule is Cc1ccc(-n2nc(C(C)(C)C)cc2NC(=O)Nc2ccc(CC3CCC(=O)N(c4ccccc4C)C3)cc2)cc1. The van der Waals surface area contributed by atoms with Crippen LogP contribution < -0.4 is 15.5 Å². The number of amides is 3. The van der Waals surface area contributed by atoms with Crippen LogP contribution in [-0.2, 0) is 16.6 Å². The zero-order valence-corrected chi connectivity index (χ0v) is 24.6. The predicted molar refractivity (Wildman–Crippen MR) is 166 cm³/mol. The first-order valence-corrected chi connectivity index (χ1v) is 14.3. The maximum absolute atomic E-state index is 13.0. The topological polar surface area (TPSA) is 79.3 Å². The van der Waals surface area contributed by atoms with E-state index < -0.39 is 0 Å². The number of hydrogen-bond donors (Lipinski definition) is 2. The van der Waals surface area contributed by atoms with Gasteiger partial charge in [-0.25, -0.2) is 9.48 Å². The number of piperidine rings is 1. The Labute approximate surface area is 242 Å². The van der Waals surface area contributed by atoms with Gasteiger partial charge in [0.05, 0.1) is 11.4 Å². The van der Waals surface area contributed by atoms with Crippen molar-refractivity contribution in [3.8, 4) is 5.69 Å². The van der Waals surface area contributed by atoms with Crippen LogP contribution in [-0.4, -0.2) is 28.3 Å². The molecule has 0 saturated carbocycles. The minimum absolute atomic E-state index is 0.165. The molecule has 1 saturated heterocycles. The van der Waals surface area contributed by atoms with E-state index in [4.69, 9.17) is 5.10 Å². The standard InChI is InChI=1S/C34H39N5O2/c1-23-10-17-28(18-11-23)39-31(21-30(37-39)34(3,4)5)36-33(41)35-27-15-12-25(13-16-27)20-26-14-19-32(40)38(22-26)29-9-7-6-8-24(29)2/h6-13,15-18,21,26H,14,19-20,22H2,1-5H3,(H2,35,36,41). The van der Waals surface area contributed by atoms with E-state index in [-0.39, 0.29) is 17.4 Å². The van der Waals surface area contributed by atoms with Crippen LogP contribution in [0.4, 0.5) is 22.0 Å². The molecule has 2 heterocycles. The number of nitrogens with one attached hydrogen (secondary N) is 2. The van der Waals surface area contributed by atoms with Crippen LogP contribution in [0.3, 0.4) is 0 Å². The first-order chi connectivity index (χ1) is 19.6. The summed E-state index contributed by atoms with van der Waals surface area (Å²) >= 11 is 0. The van der Waals surface area contributed by atoms with Gasteiger partial charge in [0.25, 0.3) is 0 Å². The molecule has 1 atom stereocenters. The Morgan fingerprint density at radius 2 is 1.66 bits per heavy atom. The molecular formula is C34H39N5O2. The molecule has 1 aliphatic heterocycles. The summed E-state index contributed by atoms with van der Waals surface area (Å²) < 4.78 is 1.78. The molecule has 0 aliphatic carbocycles. The van der Waals surface area contributed by atoms with Gasteiger partial charge in [-0.15, -0.1) is 0 Å². The smallest absolute Gasteiger partial charge is 0.312 e. The van der Waals surface area contributed by atoms with Gasteiger partial charge in [0.2, 0.25) is 5.91 Å². The summed E-state index contributed by atoms with van der Waals surface area (Å²) in [4.78, 5) is 27.6. The first-order valence-electron chi connectivity index (χ1n) is 14.3. The van der Waals surface area contributed by atoms with E-state index in [1.54, 1.807) is 4.68 Å². The number of hydrogen-bond acceptors (Lipinski definition) is 3. The highest BCUT2D eigenvalue weighted by Crippen LogP contribution is 2.29. The first kappa shape index (κ1) is 28.1. The lowest BCUT2D eigenvalue weighted by Crippen LogP contribution is -2.41. The van der Waals surface area contributed by atoms with Crippen LogP contribution in [0, 0.1) is 19.8 Å². The fourth-order valence-corrected chi connectivity index (χ4v) is 5.24. The van der Waals surface area contributed by atoms with Crippen LogP contribution in [0.15, 0.2) is 78.9 Å². The molecule has 212 valence electrons. The third-order valence-electron chi connectivity index (χ3n) is 7.65. The number of aromatic nitrogens is 2. The molecule has 7 nitrogen and oxygen atoms in total. The number of benzene rings is 3. The molecule has 1 aliphatic rings. The van der Waals surface area contributed by atoms with Gasteiger partial charge in [-0.2, -0.15) is 5.10 Å². The molecule has 1 unspecified atom stereocenters. The summed E-state index contributed by atoms with van der Waals surface area (Å²) in [5.74, 6) is 1.19. The van der Waals surface area contributed by atoms with E-state index in [2.05, 4.69) is 43.5 Å². The Hall–Kier alpha value is -4.39. The minimum Gasteiger partial charge on any atom is -0.312 e. The molecular weight excluding hydrogens is 510 g/mol. The number of urea groups is 1. The van der Waals surface area contributed by atoms with E-state index in [1.807, 2.05) is 85.5 Å². The van der Waals surface area contributed by atoms with Crippen molar-refractivity contribution in [1.29, 1.82) is 0 Å². The normalized spacial score (nSPS) is 15.6.